The van der Waals surface area contributed by atoms with Crippen molar-refractivity contribution in [2.45, 2.75) is 51.2 Å². The number of nitrogens with zero attached hydrogens (tertiary/aromatic N) is 3. The SMILES string of the molecule is CCc1ccccc1-c1cc(C(F)(F)F)c(NC2C[C@@H]3CN(CC4CCOCC4)C[C@H]3C2)nn1. The number of ether oxygens (including phenoxy) is 1. The molecule has 0 radical (unpaired) electrons. The lowest BCUT2D eigenvalue weighted by Crippen LogP contribution is -2.32. The van der Waals surface area contributed by atoms with Crippen LogP contribution in [-0.4, -0.2) is 54.0 Å². The Morgan fingerprint density at radius 2 is 1.76 bits per heavy atom. The number of aryl methyl sites for hydroxylation is 1. The van der Waals surface area contributed by atoms with Gasteiger partial charge in [-0.2, -0.15) is 13.2 Å². The third-order valence-electron chi connectivity index (χ3n) is 7.80. The predicted octanol–water partition coefficient (Wildman–Crippen LogP) is 5.27. The van der Waals surface area contributed by atoms with Gasteiger partial charge in [0.2, 0.25) is 0 Å². The number of likely N-dealkylation sites (tertiary alicyclic amines) is 1. The summed E-state index contributed by atoms with van der Waals surface area (Å²) in [6.45, 7) is 6.92. The first-order chi connectivity index (χ1) is 16.4. The fraction of sp³-hybridized carbons (Fsp3) is 0.615. The number of anilines is 1. The van der Waals surface area contributed by atoms with Crippen molar-refractivity contribution in [1.29, 1.82) is 0 Å². The first kappa shape index (κ1) is 23.5. The highest BCUT2D eigenvalue weighted by molar-refractivity contribution is 5.66. The topological polar surface area (TPSA) is 50.3 Å². The number of aromatic nitrogens is 2. The Hall–Kier alpha value is -2.19. The molecule has 2 atom stereocenters. The molecule has 2 saturated heterocycles. The predicted molar refractivity (Wildman–Crippen MR) is 125 cm³/mol. The summed E-state index contributed by atoms with van der Waals surface area (Å²) >= 11 is 0. The minimum atomic E-state index is -4.50. The summed E-state index contributed by atoms with van der Waals surface area (Å²) in [5, 5.41) is 11.4. The molecule has 0 bridgehead atoms. The van der Waals surface area contributed by atoms with Gasteiger partial charge in [0.1, 0.15) is 5.56 Å². The van der Waals surface area contributed by atoms with Gasteiger partial charge in [-0.3, -0.25) is 0 Å². The Morgan fingerprint density at radius 1 is 1.06 bits per heavy atom. The lowest BCUT2D eigenvalue weighted by molar-refractivity contribution is -0.137. The Labute approximate surface area is 199 Å². The van der Waals surface area contributed by atoms with E-state index in [4.69, 9.17) is 4.74 Å². The van der Waals surface area contributed by atoms with E-state index in [1.165, 1.54) is 0 Å². The number of benzene rings is 1. The van der Waals surface area contributed by atoms with Crippen LogP contribution in [0.25, 0.3) is 11.3 Å². The van der Waals surface area contributed by atoms with E-state index >= 15 is 0 Å². The molecule has 1 aromatic heterocycles. The molecule has 8 heteroatoms. The molecule has 2 aromatic rings. The smallest absolute Gasteiger partial charge is 0.381 e. The molecule has 184 valence electrons. The summed E-state index contributed by atoms with van der Waals surface area (Å²) in [6.07, 6.45) is 0.253. The van der Waals surface area contributed by atoms with E-state index in [9.17, 15) is 13.2 Å². The lowest BCUT2D eigenvalue weighted by atomic mass is 10.00. The highest BCUT2D eigenvalue weighted by Gasteiger charge is 2.43. The molecular weight excluding hydrogens is 441 g/mol. The van der Waals surface area contributed by atoms with E-state index in [2.05, 4.69) is 20.4 Å². The summed E-state index contributed by atoms with van der Waals surface area (Å²) < 4.78 is 47.4. The molecule has 5 nitrogen and oxygen atoms in total. The van der Waals surface area contributed by atoms with Crippen LogP contribution in [0.4, 0.5) is 19.0 Å². The minimum Gasteiger partial charge on any atom is -0.381 e. The molecule has 34 heavy (non-hydrogen) atoms. The van der Waals surface area contributed by atoms with Gasteiger partial charge >= 0.3 is 6.18 Å². The van der Waals surface area contributed by atoms with Gasteiger partial charge in [-0.25, -0.2) is 0 Å². The van der Waals surface area contributed by atoms with E-state index in [1.54, 1.807) is 6.07 Å². The average molecular weight is 475 g/mol. The maximum atomic E-state index is 14.0. The minimum absolute atomic E-state index is 0.00408. The molecule has 5 rings (SSSR count). The number of hydrogen-bond donors (Lipinski definition) is 1. The Kier molecular flexibility index (Phi) is 6.80. The van der Waals surface area contributed by atoms with Crippen LogP contribution >= 0.6 is 0 Å². The van der Waals surface area contributed by atoms with Crippen LogP contribution in [0.15, 0.2) is 30.3 Å². The molecule has 0 unspecified atom stereocenters. The van der Waals surface area contributed by atoms with Gasteiger partial charge in [0.15, 0.2) is 5.82 Å². The fourth-order valence-corrected chi connectivity index (χ4v) is 6.08. The zero-order valence-corrected chi connectivity index (χ0v) is 19.7. The van der Waals surface area contributed by atoms with Gasteiger partial charge in [0.05, 0.1) is 5.69 Å². The Balaban J connectivity index is 1.26. The van der Waals surface area contributed by atoms with Crippen molar-refractivity contribution in [2.75, 3.05) is 38.2 Å². The van der Waals surface area contributed by atoms with Crippen molar-refractivity contribution in [2.24, 2.45) is 17.8 Å². The van der Waals surface area contributed by atoms with Gasteiger partial charge in [-0.15, -0.1) is 10.2 Å². The highest BCUT2D eigenvalue weighted by Crippen LogP contribution is 2.42. The van der Waals surface area contributed by atoms with Crippen LogP contribution in [0, 0.1) is 17.8 Å². The van der Waals surface area contributed by atoms with Crippen molar-refractivity contribution in [3.05, 3.63) is 41.5 Å². The highest BCUT2D eigenvalue weighted by atomic mass is 19.4. The molecular formula is C26H33F3N4O. The fourth-order valence-electron chi connectivity index (χ4n) is 6.08. The Morgan fingerprint density at radius 3 is 2.44 bits per heavy atom. The Bertz CT molecular complexity index is 978. The number of rotatable bonds is 6. The van der Waals surface area contributed by atoms with Crippen LogP contribution < -0.4 is 5.32 Å². The zero-order chi connectivity index (χ0) is 23.7. The summed E-state index contributed by atoms with van der Waals surface area (Å²) in [6, 6.07) is 8.58. The van der Waals surface area contributed by atoms with E-state index in [0.717, 1.165) is 76.6 Å². The van der Waals surface area contributed by atoms with Crippen LogP contribution in [0.5, 0.6) is 0 Å². The zero-order valence-electron chi connectivity index (χ0n) is 19.7. The van der Waals surface area contributed by atoms with E-state index < -0.39 is 11.7 Å². The number of alkyl halides is 3. The van der Waals surface area contributed by atoms with Gasteiger partial charge in [-0.1, -0.05) is 31.2 Å². The van der Waals surface area contributed by atoms with E-state index in [0.29, 0.717) is 23.3 Å². The van der Waals surface area contributed by atoms with Crippen molar-refractivity contribution >= 4 is 5.82 Å². The molecule has 0 spiro atoms. The molecule has 2 aliphatic heterocycles. The second-order valence-corrected chi connectivity index (χ2v) is 10.1. The van der Waals surface area contributed by atoms with Gasteiger partial charge in [0, 0.05) is 44.5 Å². The molecule has 3 fully saturated rings. The van der Waals surface area contributed by atoms with Crippen molar-refractivity contribution in [1.82, 2.24) is 15.1 Å². The first-order valence-electron chi connectivity index (χ1n) is 12.5. The number of fused-ring (bicyclic) bond motifs is 1. The lowest BCUT2D eigenvalue weighted by Gasteiger charge is -2.28. The molecule has 1 aliphatic carbocycles. The van der Waals surface area contributed by atoms with Crippen LogP contribution in [0.2, 0.25) is 0 Å². The van der Waals surface area contributed by atoms with Crippen LogP contribution in [0.1, 0.15) is 43.7 Å². The summed E-state index contributed by atoms with van der Waals surface area (Å²) in [4.78, 5) is 2.56. The van der Waals surface area contributed by atoms with Gasteiger partial charge < -0.3 is 15.0 Å². The third kappa shape index (κ3) is 5.08. The molecule has 1 N–H and O–H groups in total. The largest absolute Gasteiger partial charge is 0.420 e. The number of hydrogen-bond acceptors (Lipinski definition) is 5. The second kappa shape index (κ2) is 9.82. The van der Waals surface area contributed by atoms with E-state index in [-0.39, 0.29) is 17.6 Å². The maximum absolute atomic E-state index is 14.0. The summed E-state index contributed by atoms with van der Waals surface area (Å²) in [7, 11) is 0. The third-order valence-corrected chi connectivity index (χ3v) is 7.80. The first-order valence-corrected chi connectivity index (χ1v) is 12.5. The average Bonchev–Trinajstić information content (AvgIpc) is 3.37. The molecule has 3 aliphatic rings. The van der Waals surface area contributed by atoms with Crippen molar-refractivity contribution < 1.29 is 17.9 Å². The van der Waals surface area contributed by atoms with Crippen LogP contribution in [-0.2, 0) is 17.3 Å². The van der Waals surface area contributed by atoms with E-state index in [1.807, 2.05) is 25.1 Å². The summed E-state index contributed by atoms with van der Waals surface area (Å²) in [5.41, 5.74) is 1.19. The standard InChI is InChI=1S/C26H33F3N4O/c1-2-18-5-3-4-6-22(18)24-13-23(26(27,28)29)25(32-31-24)30-21-11-19-15-33(16-20(19)12-21)14-17-7-9-34-10-8-17/h3-6,13,17,19-21H,2,7-12,14-16H2,1H3,(H,30,32)/t19-,20-/m1/s1. The quantitative estimate of drug-likeness (QED) is 0.618. The molecule has 1 saturated carbocycles. The molecule has 1 aromatic carbocycles. The van der Waals surface area contributed by atoms with Crippen molar-refractivity contribution in [3.63, 3.8) is 0 Å². The maximum Gasteiger partial charge on any atom is 0.420 e. The molecule has 0 amide bonds. The second-order valence-electron chi connectivity index (χ2n) is 10.1. The summed E-state index contributed by atoms with van der Waals surface area (Å²) in [5.74, 6) is 1.64. The van der Waals surface area contributed by atoms with Gasteiger partial charge in [-0.05, 0) is 61.5 Å². The normalized spacial score (nSPS) is 24.5. The van der Waals surface area contributed by atoms with Crippen LogP contribution in [0.3, 0.4) is 0 Å². The molecule has 3 heterocycles. The van der Waals surface area contributed by atoms with Crippen molar-refractivity contribution in [3.8, 4) is 11.3 Å². The number of halogens is 3. The number of nitrogens with one attached hydrogen (secondary N) is 1. The van der Waals surface area contributed by atoms with Gasteiger partial charge in [0.25, 0.3) is 0 Å². The monoisotopic (exact) mass is 474 g/mol.